The van der Waals surface area contributed by atoms with Gasteiger partial charge in [-0.25, -0.2) is 13.2 Å². The molecule has 1 rings (SSSR count). The van der Waals surface area contributed by atoms with E-state index in [1.165, 1.54) is 11.3 Å². The van der Waals surface area contributed by atoms with Crippen LogP contribution in [0.15, 0.2) is 11.4 Å². The average Bonchev–Trinajstić information content (AvgIpc) is 2.73. The Morgan fingerprint density at radius 3 is 2.76 bits per heavy atom. The predicted molar refractivity (Wildman–Crippen MR) is 67.3 cm³/mol. The highest BCUT2D eigenvalue weighted by molar-refractivity contribution is 7.91. The molecule has 0 aliphatic carbocycles. The summed E-state index contributed by atoms with van der Waals surface area (Å²) in [4.78, 5) is 11.5. The molecule has 1 aromatic heterocycles. The van der Waals surface area contributed by atoms with Crippen molar-refractivity contribution in [1.29, 1.82) is 0 Å². The van der Waals surface area contributed by atoms with Crippen molar-refractivity contribution in [3.63, 3.8) is 0 Å². The molecule has 2 N–H and O–H groups in total. The van der Waals surface area contributed by atoms with Crippen molar-refractivity contribution in [2.24, 2.45) is 0 Å². The Morgan fingerprint density at radius 1 is 1.53 bits per heavy atom. The number of carbonyl (C=O) groups is 1. The standard InChI is InChI=1S/C10H15NO4S2/c1-2-17(14,15)4-3-11-6-9-5-8(7-16-9)10(12)13/h5,7,11H,2-4,6H2,1H3,(H,12,13). The fraction of sp³-hybridized carbons (Fsp3) is 0.500. The van der Waals surface area contributed by atoms with E-state index in [9.17, 15) is 13.2 Å². The molecule has 0 unspecified atom stereocenters. The van der Waals surface area contributed by atoms with Crippen LogP contribution in [0.1, 0.15) is 22.2 Å². The van der Waals surface area contributed by atoms with Gasteiger partial charge in [0.1, 0.15) is 0 Å². The van der Waals surface area contributed by atoms with Crippen molar-refractivity contribution in [1.82, 2.24) is 5.32 Å². The van der Waals surface area contributed by atoms with Crippen LogP contribution in [-0.4, -0.2) is 37.5 Å². The topological polar surface area (TPSA) is 83.5 Å². The minimum atomic E-state index is -2.94. The molecule has 0 saturated heterocycles. The summed E-state index contributed by atoms with van der Waals surface area (Å²) in [5.41, 5.74) is 0.271. The molecule has 0 saturated carbocycles. The van der Waals surface area contributed by atoms with Gasteiger partial charge in [-0.2, -0.15) is 0 Å². The molecule has 5 nitrogen and oxygen atoms in total. The van der Waals surface area contributed by atoms with Crippen molar-refractivity contribution >= 4 is 27.1 Å². The maximum atomic E-state index is 11.2. The van der Waals surface area contributed by atoms with Crippen LogP contribution in [0.4, 0.5) is 0 Å². The molecule has 0 aromatic carbocycles. The number of carboxylic acids is 1. The lowest BCUT2D eigenvalue weighted by Crippen LogP contribution is -2.23. The maximum Gasteiger partial charge on any atom is 0.336 e. The first-order valence-electron chi connectivity index (χ1n) is 5.16. The first-order valence-corrected chi connectivity index (χ1v) is 7.86. The van der Waals surface area contributed by atoms with Gasteiger partial charge in [-0.05, 0) is 6.07 Å². The lowest BCUT2D eigenvalue weighted by molar-refractivity contribution is 0.0697. The minimum absolute atomic E-state index is 0.112. The number of hydrogen-bond acceptors (Lipinski definition) is 5. The Bertz CT molecular complexity index is 478. The predicted octanol–water partition coefficient (Wildman–Crippen LogP) is 0.971. The molecule has 0 aliphatic heterocycles. The molecule has 0 aliphatic rings. The van der Waals surface area contributed by atoms with Crippen LogP contribution in [0.3, 0.4) is 0 Å². The second kappa shape index (κ2) is 6.13. The molecular formula is C10H15NO4S2. The molecule has 17 heavy (non-hydrogen) atoms. The molecule has 0 bridgehead atoms. The van der Waals surface area contributed by atoms with E-state index in [0.29, 0.717) is 13.1 Å². The zero-order chi connectivity index (χ0) is 12.9. The van der Waals surface area contributed by atoms with Crippen molar-refractivity contribution in [3.8, 4) is 0 Å². The van der Waals surface area contributed by atoms with Crippen LogP contribution in [0.25, 0.3) is 0 Å². The van der Waals surface area contributed by atoms with E-state index in [4.69, 9.17) is 5.11 Å². The third-order valence-corrected chi connectivity index (χ3v) is 4.87. The maximum absolute atomic E-state index is 11.2. The molecule has 0 radical (unpaired) electrons. The van der Waals surface area contributed by atoms with Crippen LogP contribution >= 0.6 is 11.3 Å². The quantitative estimate of drug-likeness (QED) is 0.726. The zero-order valence-electron chi connectivity index (χ0n) is 9.47. The number of rotatable bonds is 7. The normalized spacial score (nSPS) is 11.6. The van der Waals surface area contributed by atoms with Crippen LogP contribution in [-0.2, 0) is 16.4 Å². The first kappa shape index (κ1) is 14.1. The number of nitrogens with one attached hydrogen (secondary N) is 1. The highest BCUT2D eigenvalue weighted by Gasteiger charge is 2.08. The Hall–Kier alpha value is -0.920. The van der Waals surface area contributed by atoms with E-state index in [1.807, 2.05) is 0 Å². The molecule has 1 aromatic rings. The van der Waals surface area contributed by atoms with Gasteiger partial charge >= 0.3 is 5.97 Å². The van der Waals surface area contributed by atoms with Gasteiger partial charge in [0.2, 0.25) is 0 Å². The van der Waals surface area contributed by atoms with Gasteiger partial charge in [0, 0.05) is 29.1 Å². The van der Waals surface area contributed by atoms with E-state index in [1.54, 1.807) is 18.4 Å². The zero-order valence-corrected chi connectivity index (χ0v) is 11.1. The molecule has 0 atom stereocenters. The van der Waals surface area contributed by atoms with Gasteiger partial charge in [-0.3, -0.25) is 0 Å². The monoisotopic (exact) mass is 277 g/mol. The largest absolute Gasteiger partial charge is 0.478 e. The van der Waals surface area contributed by atoms with Crippen molar-refractivity contribution in [2.75, 3.05) is 18.1 Å². The number of carboxylic acid groups (broad SMARTS) is 1. The lowest BCUT2D eigenvalue weighted by atomic mass is 10.3. The Kier molecular flexibility index (Phi) is 5.10. The average molecular weight is 277 g/mol. The number of aromatic carboxylic acids is 1. The fourth-order valence-electron chi connectivity index (χ4n) is 1.17. The fourth-order valence-corrected chi connectivity index (χ4v) is 2.74. The summed E-state index contributed by atoms with van der Waals surface area (Å²) in [6.45, 7) is 2.50. The number of hydrogen-bond donors (Lipinski definition) is 2. The smallest absolute Gasteiger partial charge is 0.336 e. The van der Waals surface area contributed by atoms with E-state index < -0.39 is 15.8 Å². The van der Waals surface area contributed by atoms with Gasteiger partial charge in [0.25, 0.3) is 0 Å². The van der Waals surface area contributed by atoms with Crippen LogP contribution in [0, 0.1) is 0 Å². The molecule has 7 heteroatoms. The van der Waals surface area contributed by atoms with Gasteiger partial charge in [0.05, 0.1) is 11.3 Å². The summed E-state index contributed by atoms with van der Waals surface area (Å²) in [5, 5.41) is 13.3. The lowest BCUT2D eigenvalue weighted by Gasteiger charge is -2.02. The number of sulfone groups is 1. The Balaban J connectivity index is 2.34. The third kappa shape index (κ3) is 4.84. The van der Waals surface area contributed by atoms with E-state index >= 15 is 0 Å². The third-order valence-electron chi connectivity index (χ3n) is 2.23. The molecule has 0 spiro atoms. The first-order chi connectivity index (χ1) is 7.94. The second-order valence-electron chi connectivity index (χ2n) is 3.52. The second-order valence-corrected chi connectivity index (χ2v) is 6.99. The summed E-state index contributed by atoms with van der Waals surface area (Å²) >= 11 is 1.35. The summed E-state index contributed by atoms with van der Waals surface area (Å²) < 4.78 is 22.4. The molecule has 1 heterocycles. The summed E-state index contributed by atoms with van der Waals surface area (Å²) in [6.07, 6.45) is 0. The highest BCUT2D eigenvalue weighted by Crippen LogP contribution is 2.14. The van der Waals surface area contributed by atoms with Gasteiger partial charge in [-0.1, -0.05) is 6.92 Å². The van der Waals surface area contributed by atoms with Gasteiger partial charge < -0.3 is 10.4 Å². The van der Waals surface area contributed by atoms with E-state index in [2.05, 4.69) is 5.32 Å². The van der Waals surface area contributed by atoms with Crippen molar-refractivity contribution in [2.45, 2.75) is 13.5 Å². The highest BCUT2D eigenvalue weighted by atomic mass is 32.2. The van der Waals surface area contributed by atoms with Crippen molar-refractivity contribution < 1.29 is 18.3 Å². The minimum Gasteiger partial charge on any atom is -0.478 e. The Morgan fingerprint density at radius 2 is 2.24 bits per heavy atom. The summed E-state index contributed by atoms with van der Waals surface area (Å²) in [6, 6.07) is 1.59. The SMILES string of the molecule is CCS(=O)(=O)CCNCc1cc(C(=O)O)cs1. The van der Waals surface area contributed by atoms with Crippen LogP contribution in [0.2, 0.25) is 0 Å². The van der Waals surface area contributed by atoms with Crippen LogP contribution < -0.4 is 5.32 Å². The molecular weight excluding hydrogens is 262 g/mol. The van der Waals surface area contributed by atoms with E-state index in [-0.39, 0.29) is 17.1 Å². The number of thiophene rings is 1. The molecule has 0 fully saturated rings. The Labute approximate surface area is 104 Å². The van der Waals surface area contributed by atoms with Gasteiger partial charge in [-0.15, -0.1) is 11.3 Å². The van der Waals surface area contributed by atoms with E-state index in [0.717, 1.165) is 4.88 Å². The molecule has 96 valence electrons. The summed E-state index contributed by atoms with van der Waals surface area (Å²) in [5.74, 6) is -0.682. The van der Waals surface area contributed by atoms with Crippen LogP contribution in [0.5, 0.6) is 0 Å². The van der Waals surface area contributed by atoms with Gasteiger partial charge in [0.15, 0.2) is 9.84 Å². The summed E-state index contributed by atoms with van der Waals surface area (Å²) in [7, 11) is -2.94. The molecule has 0 amide bonds. The van der Waals surface area contributed by atoms with Crippen molar-refractivity contribution in [3.05, 3.63) is 21.9 Å².